The number of hydrogen-bond donors (Lipinski definition) is 1. The molecule has 0 amide bonds. The predicted molar refractivity (Wildman–Crippen MR) is 49.0 cm³/mol. The average Bonchev–Trinajstić information content (AvgIpc) is 2.01. The molecule has 1 aliphatic heterocycles. The van der Waals surface area contributed by atoms with Crippen LogP contribution in [0.1, 0.15) is 32.6 Å². The summed E-state index contributed by atoms with van der Waals surface area (Å²) in [6.45, 7) is 4.21. The second kappa shape index (κ2) is 3.35. The maximum atomic E-state index is 9.19. The van der Waals surface area contributed by atoms with Crippen LogP contribution in [0, 0.1) is 5.92 Å². The predicted octanol–water partition coefficient (Wildman–Crippen LogP) is 1.24. The molecule has 2 aliphatic rings. The molecule has 2 fully saturated rings. The lowest BCUT2D eigenvalue weighted by Crippen LogP contribution is -2.57. The Morgan fingerprint density at radius 3 is 2.42 bits per heavy atom. The van der Waals surface area contributed by atoms with Gasteiger partial charge in [-0.3, -0.25) is 4.90 Å². The van der Waals surface area contributed by atoms with E-state index in [-0.39, 0.29) is 6.10 Å². The Bertz CT molecular complexity index is 154. The van der Waals surface area contributed by atoms with E-state index in [4.69, 9.17) is 0 Å². The summed E-state index contributed by atoms with van der Waals surface area (Å²) in [6, 6.07) is 0.780. The Labute approximate surface area is 74.6 Å². The largest absolute Gasteiger partial charge is 0.390 e. The van der Waals surface area contributed by atoms with Crippen molar-refractivity contribution in [2.75, 3.05) is 13.1 Å². The highest BCUT2D eigenvalue weighted by molar-refractivity contribution is 4.89. The number of rotatable bonds is 1. The molecule has 0 bridgehead atoms. The lowest BCUT2D eigenvalue weighted by Gasteiger charge is -2.46. The molecule has 0 radical (unpaired) electrons. The van der Waals surface area contributed by atoms with Gasteiger partial charge in [0.2, 0.25) is 0 Å². The minimum Gasteiger partial charge on any atom is -0.390 e. The smallest absolute Gasteiger partial charge is 0.0794 e. The van der Waals surface area contributed by atoms with Crippen LogP contribution >= 0.6 is 0 Å². The number of β-amino-alcohol motifs (C(OH)–C–C–N with tert-alkyl or cyclic N) is 1. The third-order valence-corrected chi connectivity index (χ3v) is 3.43. The molecule has 1 aliphatic carbocycles. The van der Waals surface area contributed by atoms with Gasteiger partial charge in [-0.15, -0.1) is 0 Å². The molecule has 0 aromatic rings. The van der Waals surface area contributed by atoms with Gasteiger partial charge in [-0.25, -0.2) is 0 Å². The van der Waals surface area contributed by atoms with Crippen LogP contribution in [0.5, 0.6) is 0 Å². The molecule has 2 nitrogen and oxygen atoms in total. The maximum absolute atomic E-state index is 9.19. The van der Waals surface area contributed by atoms with Gasteiger partial charge in [0.1, 0.15) is 0 Å². The second-order valence-corrected chi connectivity index (χ2v) is 4.44. The van der Waals surface area contributed by atoms with Gasteiger partial charge in [0.15, 0.2) is 0 Å². The summed E-state index contributed by atoms with van der Waals surface area (Å²) in [7, 11) is 0. The fourth-order valence-corrected chi connectivity index (χ4v) is 2.60. The van der Waals surface area contributed by atoms with Crippen molar-refractivity contribution in [1.29, 1.82) is 0 Å². The molecule has 70 valence electrons. The van der Waals surface area contributed by atoms with Crippen LogP contribution in [-0.4, -0.2) is 35.2 Å². The van der Waals surface area contributed by atoms with E-state index in [1.165, 1.54) is 25.7 Å². The number of likely N-dealkylation sites (tertiary alicyclic amines) is 1. The van der Waals surface area contributed by atoms with Crippen LogP contribution in [0.15, 0.2) is 0 Å². The van der Waals surface area contributed by atoms with Gasteiger partial charge in [0, 0.05) is 19.1 Å². The summed E-state index contributed by atoms with van der Waals surface area (Å²) in [6.07, 6.45) is 5.51. The van der Waals surface area contributed by atoms with Crippen LogP contribution in [0.3, 0.4) is 0 Å². The molecule has 2 atom stereocenters. The van der Waals surface area contributed by atoms with Gasteiger partial charge in [0.05, 0.1) is 6.10 Å². The van der Waals surface area contributed by atoms with Crippen LogP contribution in [0.2, 0.25) is 0 Å². The van der Waals surface area contributed by atoms with Crippen molar-refractivity contribution >= 4 is 0 Å². The Kier molecular flexibility index (Phi) is 2.37. The van der Waals surface area contributed by atoms with Crippen molar-refractivity contribution in [3.63, 3.8) is 0 Å². The van der Waals surface area contributed by atoms with E-state index in [0.29, 0.717) is 0 Å². The van der Waals surface area contributed by atoms with Crippen molar-refractivity contribution < 1.29 is 5.11 Å². The molecular formula is C10H19NO. The molecule has 12 heavy (non-hydrogen) atoms. The average molecular weight is 169 g/mol. The Hall–Kier alpha value is -0.0800. The first-order valence-electron chi connectivity index (χ1n) is 5.19. The van der Waals surface area contributed by atoms with E-state index >= 15 is 0 Å². The quantitative estimate of drug-likeness (QED) is 0.638. The SMILES string of the molecule is C[C@H]1CCCC[C@@H]1N1CC(O)C1. The second-order valence-electron chi connectivity index (χ2n) is 4.44. The fourth-order valence-electron chi connectivity index (χ4n) is 2.60. The summed E-state index contributed by atoms with van der Waals surface area (Å²) in [5, 5.41) is 9.19. The summed E-state index contributed by atoms with van der Waals surface area (Å²) < 4.78 is 0. The van der Waals surface area contributed by atoms with Crippen molar-refractivity contribution in [2.45, 2.75) is 44.8 Å². The molecule has 1 saturated heterocycles. The molecule has 0 aromatic heterocycles. The molecule has 2 rings (SSSR count). The van der Waals surface area contributed by atoms with E-state index in [1.807, 2.05) is 0 Å². The standard InChI is InChI=1S/C10H19NO/c1-8-4-2-3-5-10(8)11-6-9(12)7-11/h8-10,12H,2-7H2,1H3/t8-,10-/m0/s1. The highest BCUT2D eigenvalue weighted by Crippen LogP contribution is 2.30. The third kappa shape index (κ3) is 1.50. The molecule has 0 unspecified atom stereocenters. The summed E-state index contributed by atoms with van der Waals surface area (Å²) >= 11 is 0. The first kappa shape index (κ1) is 8.52. The maximum Gasteiger partial charge on any atom is 0.0794 e. The van der Waals surface area contributed by atoms with Crippen molar-refractivity contribution in [3.05, 3.63) is 0 Å². The zero-order chi connectivity index (χ0) is 8.55. The number of hydrogen-bond acceptors (Lipinski definition) is 2. The minimum atomic E-state index is -0.0286. The molecule has 1 heterocycles. The summed E-state index contributed by atoms with van der Waals surface area (Å²) in [5.41, 5.74) is 0. The molecule has 1 saturated carbocycles. The Morgan fingerprint density at radius 2 is 1.83 bits per heavy atom. The normalized spacial score (nSPS) is 39.5. The van der Waals surface area contributed by atoms with Gasteiger partial charge >= 0.3 is 0 Å². The Balaban J connectivity index is 1.85. The Morgan fingerprint density at radius 1 is 1.17 bits per heavy atom. The topological polar surface area (TPSA) is 23.5 Å². The van der Waals surface area contributed by atoms with Crippen molar-refractivity contribution in [2.24, 2.45) is 5.92 Å². The number of nitrogens with zero attached hydrogens (tertiary/aromatic N) is 1. The first-order valence-corrected chi connectivity index (χ1v) is 5.19. The van der Waals surface area contributed by atoms with Crippen molar-refractivity contribution in [1.82, 2.24) is 4.90 Å². The highest BCUT2D eigenvalue weighted by Gasteiger charge is 2.34. The van der Waals surface area contributed by atoms with Gasteiger partial charge in [0.25, 0.3) is 0 Å². The van der Waals surface area contributed by atoms with Gasteiger partial charge in [-0.1, -0.05) is 19.8 Å². The zero-order valence-electron chi connectivity index (χ0n) is 7.87. The highest BCUT2D eigenvalue weighted by atomic mass is 16.3. The lowest BCUT2D eigenvalue weighted by atomic mass is 9.83. The van der Waals surface area contributed by atoms with Crippen LogP contribution in [-0.2, 0) is 0 Å². The molecular weight excluding hydrogens is 150 g/mol. The first-order chi connectivity index (χ1) is 5.77. The third-order valence-electron chi connectivity index (χ3n) is 3.43. The van der Waals surface area contributed by atoms with E-state index in [2.05, 4.69) is 11.8 Å². The van der Waals surface area contributed by atoms with E-state index in [9.17, 15) is 5.11 Å². The van der Waals surface area contributed by atoms with Gasteiger partial charge in [-0.05, 0) is 18.8 Å². The van der Waals surface area contributed by atoms with Crippen LogP contribution in [0.4, 0.5) is 0 Å². The zero-order valence-corrected chi connectivity index (χ0v) is 7.87. The van der Waals surface area contributed by atoms with Gasteiger partial charge < -0.3 is 5.11 Å². The summed E-state index contributed by atoms with van der Waals surface area (Å²) in [5.74, 6) is 0.853. The molecule has 0 aromatic carbocycles. The molecule has 0 spiro atoms. The van der Waals surface area contributed by atoms with Gasteiger partial charge in [-0.2, -0.15) is 0 Å². The summed E-state index contributed by atoms with van der Waals surface area (Å²) in [4.78, 5) is 2.45. The van der Waals surface area contributed by atoms with E-state index in [1.54, 1.807) is 0 Å². The molecule has 2 heteroatoms. The number of aliphatic hydroxyl groups is 1. The van der Waals surface area contributed by atoms with Crippen LogP contribution < -0.4 is 0 Å². The lowest BCUT2D eigenvalue weighted by molar-refractivity contribution is -0.0466. The van der Waals surface area contributed by atoms with Crippen molar-refractivity contribution in [3.8, 4) is 0 Å². The van der Waals surface area contributed by atoms with E-state index in [0.717, 1.165) is 25.0 Å². The minimum absolute atomic E-state index is 0.0286. The fraction of sp³-hybridized carbons (Fsp3) is 1.00. The molecule has 1 N–H and O–H groups in total. The number of aliphatic hydroxyl groups excluding tert-OH is 1. The monoisotopic (exact) mass is 169 g/mol. The van der Waals surface area contributed by atoms with E-state index < -0.39 is 0 Å². The van der Waals surface area contributed by atoms with Crippen LogP contribution in [0.25, 0.3) is 0 Å².